The molecule has 1 aliphatic heterocycles. The number of carbonyl (C=O) groups is 5. The van der Waals surface area contributed by atoms with Crippen LogP contribution in [0.5, 0.6) is 0 Å². The molecule has 0 aliphatic carbocycles. The van der Waals surface area contributed by atoms with Crippen LogP contribution in [0.15, 0.2) is 12.5 Å². The smallest absolute Gasteiger partial charge is 0.326 e. The van der Waals surface area contributed by atoms with Gasteiger partial charge in [0.25, 0.3) is 0 Å². The average Bonchev–Trinajstić information content (AvgIpc) is 3.43. The van der Waals surface area contributed by atoms with E-state index < -0.39 is 60.2 Å². The second kappa shape index (κ2) is 12.1. The zero-order valence-corrected chi connectivity index (χ0v) is 19.3. The van der Waals surface area contributed by atoms with Crippen LogP contribution in [-0.2, 0) is 30.4 Å². The highest BCUT2D eigenvalue weighted by molar-refractivity contribution is 5.96. The summed E-state index contributed by atoms with van der Waals surface area (Å²) in [6.45, 7) is 3.88. The Hall–Kier alpha value is -3.48. The van der Waals surface area contributed by atoms with E-state index in [1.807, 2.05) is 13.8 Å². The maximum atomic E-state index is 13.2. The van der Waals surface area contributed by atoms with Gasteiger partial charge in [-0.3, -0.25) is 19.2 Å². The molecular formula is C21H33N7O6. The Morgan fingerprint density at radius 3 is 2.50 bits per heavy atom. The Labute approximate surface area is 197 Å². The Bertz CT molecular complexity index is 888. The van der Waals surface area contributed by atoms with Crippen LogP contribution in [0.1, 0.15) is 45.2 Å². The number of rotatable bonds is 12. The fourth-order valence-electron chi connectivity index (χ4n) is 3.87. The molecule has 0 aromatic carbocycles. The standard InChI is InChI=1S/C21H33N7O6/c1-11(2)6-15(21(33)34)27-19(31)16-4-3-5-28(16)20(32)14(8-17(23)29)26-18(30)13(22)7-12-9-24-10-25-12/h9-11,13-16H,3-8,22H2,1-2H3,(H2,23,29)(H,24,25)(H,26,30)(H,27,31)(H,33,34). The number of amides is 4. The van der Waals surface area contributed by atoms with E-state index in [-0.39, 0.29) is 25.3 Å². The Morgan fingerprint density at radius 2 is 1.94 bits per heavy atom. The molecule has 13 nitrogen and oxygen atoms in total. The molecule has 8 N–H and O–H groups in total. The maximum absolute atomic E-state index is 13.2. The molecule has 4 amide bonds. The Morgan fingerprint density at radius 1 is 1.24 bits per heavy atom. The van der Waals surface area contributed by atoms with Crippen molar-refractivity contribution in [2.24, 2.45) is 17.4 Å². The van der Waals surface area contributed by atoms with Crippen LogP contribution in [0, 0.1) is 5.92 Å². The minimum atomic E-state index is -1.31. The van der Waals surface area contributed by atoms with Gasteiger partial charge in [0.2, 0.25) is 23.6 Å². The maximum Gasteiger partial charge on any atom is 0.326 e. The summed E-state index contributed by atoms with van der Waals surface area (Å²) < 4.78 is 0. The largest absolute Gasteiger partial charge is 0.480 e. The summed E-state index contributed by atoms with van der Waals surface area (Å²) in [7, 11) is 0. The highest BCUT2D eigenvalue weighted by Crippen LogP contribution is 2.20. The lowest BCUT2D eigenvalue weighted by Crippen LogP contribution is -2.57. The van der Waals surface area contributed by atoms with Crippen molar-refractivity contribution < 1.29 is 29.1 Å². The molecule has 1 fully saturated rings. The molecule has 0 spiro atoms. The quantitative estimate of drug-likeness (QED) is 0.202. The number of likely N-dealkylation sites (tertiary alicyclic amines) is 1. The van der Waals surface area contributed by atoms with Crippen molar-refractivity contribution in [3.8, 4) is 0 Å². The SMILES string of the molecule is CC(C)CC(NC(=O)C1CCCN1C(=O)C(CC(N)=O)NC(=O)C(N)Cc1cnc[nH]1)C(=O)O. The van der Waals surface area contributed by atoms with Gasteiger partial charge in [0.15, 0.2) is 0 Å². The highest BCUT2D eigenvalue weighted by Gasteiger charge is 2.39. The molecule has 13 heteroatoms. The average molecular weight is 480 g/mol. The fraction of sp³-hybridized carbons (Fsp3) is 0.619. The molecule has 1 aromatic heterocycles. The first kappa shape index (κ1) is 26.8. The number of primary amides is 1. The predicted molar refractivity (Wildman–Crippen MR) is 120 cm³/mol. The van der Waals surface area contributed by atoms with Crippen molar-refractivity contribution in [3.05, 3.63) is 18.2 Å². The number of nitrogens with one attached hydrogen (secondary N) is 3. The predicted octanol–water partition coefficient (Wildman–Crippen LogP) is -1.75. The van der Waals surface area contributed by atoms with Gasteiger partial charge in [0, 0.05) is 24.9 Å². The van der Waals surface area contributed by atoms with Crippen LogP contribution >= 0.6 is 0 Å². The lowest BCUT2D eigenvalue weighted by atomic mass is 10.0. The first-order chi connectivity index (χ1) is 16.0. The summed E-state index contributed by atoms with van der Waals surface area (Å²) in [5.41, 5.74) is 11.8. The van der Waals surface area contributed by atoms with Crippen LogP contribution < -0.4 is 22.1 Å². The molecule has 0 bridgehead atoms. The molecule has 0 saturated carbocycles. The second-order valence-electron chi connectivity index (χ2n) is 8.84. The van der Waals surface area contributed by atoms with Crippen molar-refractivity contribution in [1.82, 2.24) is 25.5 Å². The minimum Gasteiger partial charge on any atom is -0.480 e. The number of aromatic amines is 1. The highest BCUT2D eigenvalue weighted by atomic mass is 16.4. The molecule has 4 unspecified atom stereocenters. The van der Waals surface area contributed by atoms with Crippen LogP contribution in [0.25, 0.3) is 0 Å². The molecule has 1 aromatic rings. The van der Waals surface area contributed by atoms with Gasteiger partial charge in [-0.1, -0.05) is 13.8 Å². The number of aliphatic carboxylic acids is 1. The number of hydrogen-bond acceptors (Lipinski definition) is 7. The third-order valence-electron chi connectivity index (χ3n) is 5.51. The lowest BCUT2D eigenvalue weighted by Gasteiger charge is -2.29. The van der Waals surface area contributed by atoms with E-state index in [1.165, 1.54) is 17.4 Å². The topological polar surface area (TPSA) is 214 Å². The van der Waals surface area contributed by atoms with Crippen molar-refractivity contribution in [3.63, 3.8) is 0 Å². The molecule has 34 heavy (non-hydrogen) atoms. The van der Waals surface area contributed by atoms with Crippen molar-refractivity contribution in [2.75, 3.05) is 6.54 Å². The van der Waals surface area contributed by atoms with Crippen molar-refractivity contribution in [2.45, 2.75) is 70.1 Å². The van der Waals surface area contributed by atoms with Gasteiger partial charge in [-0.15, -0.1) is 0 Å². The number of carboxylic acid groups (broad SMARTS) is 1. The molecule has 2 rings (SSSR count). The summed E-state index contributed by atoms with van der Waals surface area (Å²) in [5.74, 6) is -3.87. The molecule has 2 heterocycles. The Kier molecular flexibility index (Phi) is 9.54. The van der Waals surface area contributed by atoms with E-state index in [2.05, 4.69) is 20.6 Å². The van der Waals surface area contributed by atoms with E-state index >= 15 is 0 Å². The minimum absolute atomic E-state index is 0.0313. The summed E-state index contributed by atoms with van der Waals surface area (Å²) >= 11 is 0. The number of nitrogens with two attached hydrogens (primary N) is 2. The molecule has 1 aliphatic rings. The van der Waals surface area contributed by atoms with Gasteiger partial charge < -0.3 is 37.1 Å². The van der Waals surface area contributed by atoms with E-state index in [4.69, 9.17) is 11.5 Å². The van der Waals surface area contributed by atoms with Crippen LogP contribution in [0.4, 0.5) is 0 Å². The molecule has 4 atom stereocenters. The number of nitrogens with zero attached hydrogens (tertiary/aromatic N) is 2. The van der Waals surface area contributed by atoms with Crippen LogP contribution in [0.3, 0.4) is 0 Å². The van der Waals surface area contributed by atoms with E-state index in [0.29, 0.717) is 18.5 Å². The van der Waals surface area contributed by atoms with Gasteiger partial charge >= 0.3 is 5.97 Å². The number of imidazole rings is 1. The normalized spacial score (nSPS) is 18.2. The molecule has 188 valence electrons. The Balaban J connectivity index is 2.10. The number of H-pyrrole nitrogens is 1. The zero-order chi connectivity index (χ0) is 25.4. The monoisotopic (exact) mass is 479 g/mol. The number of carbonyl (C=O) groups excluding carboxylic acids is 4. The zero-order valence-electron chi connectivity index (χ0n) is 19.3. The van der Waals surface area contributed by atoms with Gasteiger partial charge in [0.05, 0.1) is 18.8 Å². The van der Waals surface area contributed by atoms with Crippen molar-refractivity contribution >= 4 is 29.6 Å². The van der Waals surface area contributed by atoms with E-state index in [1.54, 1.807) is 0 Å². The number of aromatic nitrogens is 2. The molecule has 1 saturated heterocycles. The third-order valence-corrected chi connectivity index (χ3v) is 5.51. The molecular weight excluding hydrogens is 446 g/mol. The lowest BCUT2D eigenvalue weighted by molar-refractivity contribution is -0.145. The first-order valence-corrected chi connectivity index (χ1v) is 11.1. The van der Waals surface area contributed by atoms with E-state index in [9.17, 15) is 29.1 Å². The van der Waals surface area contributed by atoms with Gasteiger partial charge in [-0.25, -0.2) is 9.78 Å². The van der Waals surface area contributed by atoms with Gasteiger partial charge in [-0.05, 0) is 25.2 Å². The fourth-order valence-corrected chi connectivity index (χ4v) is 3.87. The summed E-state index contributed by atoms with van der Waals surface area (Å²) in [6, 6.07) is -4.34. The summed E-state index contributed by atoms with van der Waals surface area (Å²) in [5, 5.41) is 14.4. The third kappa shape index (κ3) is 7.54. The molecule has 0 radical (unpaired) electrons. The summed E-state index contributed by atoms with van der Waals surface area (Å²) in [4.78, 5) is 69.7. The number of carboxylic acids is 1. The van der Waals surface area contributed by atoms with Gasteiger partial charge in [-0.2, -0.15) is 0 Å². The van der Waals surface area contributed by atoms with E-state index in [0.717, 1.165) is 0 Å². The second-order valence-corrected chi connectivity index (χ2v) is 8.84. The van der Waals surface area contributed by atoms with Crippen molar-refractivity contribution in [1.29, 1.82) is 0 Å². The van der Waals surface area contributed by atoms with Crippen LogP contribution in [-0.4, -0.2) is 80.3 Å². The first-order valence-electron chi connectivity index (χ1n) is 11.1. The number of hydrogen-bond donors (Lipinski definition) is 6. The van der Waals surface area contributed by atoms with Gasteiger partial charge in [0.1, 0.15) is 18.1 Å². The summed E-state index contributed by atoms with van der Waals surface area (Å²) in [6.07, 6.45) is 3.66. The van der Waals surface area contributed by atoms with Crippen LogP contribution in [0.2, 0.25) is 0 Å².